The topological polar surface area (TPSA) is 64.2 Å². The van der Waals surface area contributed by atoms with Crippen molar-refractivity contribution in [2.75, 3.05) is 57.1 Å². The van der Waals surface area contributed by atoms with Crippen molar-refractivity contribution in [3.8, 4) is 0 Å². The number of likely N-dealkylation sites (N-methyl/N-ethyl adjacent to an activating group) is 1. The number of sulfonamides is 1. The average Bonchev–Trinajstić information content (AvgIpc) is 2.84. The zero-order valence-corrected chi connectivity index (χ0v) is 21.4. The van der Waals surface area contributed by atoms with Crippen molar-refractivity contribution in [2.24, 2.45) is 0 Å². The number of rotatable bonds is 7. The van der Waals surface area contributed by atoms with Crippen LogP contribution in [0.4, 0.5) is 11.4 Å². The van der Waals surface area contributed by atoms with E-state index in [1.165, 1.54) is 48.9 Å². The number of amides is 1. The van der Waals surface area contributed by atoms with Crippen molar-refractivity contribution in [1.29, 1.82) is 0 Å². The Bertz CT molecular complexity index is 1130. The van der Waals surface area contributed by atoms with Crippen molar-refractivity contribution < 1.29 is 13.2 Å². The molecule has 0 aliphatic carbocycles. The van der Waals surface area contributed by atoms with Gasteiger partial charge in [-0.3, -0.25) is 9.69 Å². The van der Waals surface area contributed by atoms with E-state index < -0.39 is 10.0 Å². The maximum absolute atomic E-state index is 13.3. The molecule has 2 heterocycles. The molecule has 8 heteroatoms. The maximum atomic E-state index is 13.3. The number of piperidine rings is 1. The lowest BCUT2D eigenvalue weighted by Crippen LogP contribution is -2.41. The maximum Gasteiger partial charge on any atom is 0.242 e. The van der Waals surface area contributed by atoms with E-state index in [0.29, 0.717) is 19.6 Å². The van der Waals surface area contributed by atoms with E-state index in [9.17, 15) is 13.2 Å². The fourth-order valence-corrected chi connectivity index (χ4v) is 5.91. The van der Waals surface area contributed by atoms with E-state index >= 15 is 0 Å². The molecule has 0 saturated carbocycles. The molecule has 0 N–H and O–H groups in total. The number of benzene rings is 2. The largest absolute Gasteiger partial charge is 0.371 e. The van der Waals surface area contributed by atoms with Crippen molar-refractivity contribution in [1.82, 2.24) is 9.21 Å². The van der Waals surface area contributed by atoms with Crippen LogP contribution in [-0.4, -0.2) is 70.9 Å². The number of carbonyl (C=O) groups is 1. The third-order valence-corrected chi connectivity index (χ3v) is 8.59. The average molecular weight is 485 g/mol. The van der Waals surface area contributed by atoms with Gasteiger partial charge in [-0.25, -0.2) is 12.7 Å². The Balaban J connectivity index is 1.46. The van der Waals surface area contributed by atoms with Crippen LogP contribution in [0.3, 0.4) is 0 Å². The first kappa shape index (κ1) is 24.7. The fraction of sp³-hybridized carbons (Fsp3) is 0.500. The quantitative estimate of drug-likeness (QED) is 0.603. The Morgan fingerprint density at radius 2 is 1.65 bits per heavy atom. The van der Waals surface area contributed by atoms with Crippen LogP contribution in [0.2, 0.25) is 0 Å². The van der Waals surface area contributed by atoms with Crippen LogP contribution in [0, 0.1) is 0 Å². The van der Waals surface area contributed by atoms with Gasteiger partial charge in [-0.2, -0.15) is 0 Å². The van der Waals surface area contributed by atoms with Gasteiger partial charge in [0, 0.05) is 51.6 Å². The van der Waals surface area contributed by atoms with E-state index in [4.69, 9.17) is 0 Å². The Hall–Kier alpha value is -2.42. The molecule has 0 unspecified atom stereocenters. The summed E-state index contributed by atoms with van der Waals surface area (Å²) in [5, 5.41) is 0. The first-order chi connectivity index (χ1) is 16.3. The predicted molar refractivity (Wildman–Crippen MR) is 137 cm³/mol. The summed E-state index contributed by atoms with van der Waals surface area (Å²) in [6.07, 6.45) is 5.36. The van der Waals surface area contributed by atoms with Crippen LogP contribution < -0.4 is 9.80 Å². The van der Waals surface area contributed by atoms with Gasteiger partial charge in [0.25, 0.3) is 0 Å². The molecule has 1 saturated heterocycles. The van der Waals surface area contributed by atoms with Gasteiger partial charge in [0.05, 0.1) is 11.4 Å². The lowest BCUT2D eigenvalue weighted by Gasteiger charge is -2.33. The number of carbonyl (C=O) groups excluding carboxylic acids is 1. The lowest BCUT2D eigenvalue weighted by atomic mass is 10.0. The molecule has 2 aliphatic rings. The summed E-state index contributed by atoms with van der Waals surface area (Å²) in [4.78, 5) is 19.9. The van der Waals surface area contributed by atoms with Gasteiger partial charge in [0.2, 0.25) is 15.9 Å². The Morgan fingerprint density at radius 3 is 2.38 bits per heavy atom. The number of hydrogen-bond acceptors (Lipinski definition) is 5. The summed E-state index contributed by atoms with van der Waals surface area (Å²) in [6, 6.07) is 13.6. The van der Waals surface area contributed by atoms with Crippen LogP contribution in [-0.2, 0) is 27.8 Å². The summed E-state index contributed by atoms with van der Waals surface area (Å²) in [5.74, 6) is 0.0436. The van der Waals surface area contributed by atoms with Crippen LogP contribution in [0.1, 0.15) is 36.8 Å². The minimum absolute atomic E-state index is 0.0436. The highest BCUT2D eigenvalue weighted by molar-refractivity contribution is 7.89. The number of aryl methyl sites for hydroxylation is 1. The lowest BCUT2D eigenvalue weighted by molar-refractivity contribution is -0.119. The molecule has 4 rings (SSSR count). The minimum atomic E-state index is -3.50. The van der Waals surface area contributed by atoms with Gasteiger partial charge in [-0.15, -0.1) is 0 Å². The summed E-state index contributed by atoms with van der Waals surface area (Å²) in [7, 11) is 1.55. The first-order valence-electron chi connectivity index (χ1n) is 12.1. The third kappa shape index (κ3) is 5.29. The number of fused-ring (bicyclic) bond motifs is 1. The second-order valence-electron chi connectivity index (χ2n) is 9.58. The molecule has 2 aromatic rings. The zero-order valence-electron chi connectivity index (χ0n) is 20.5. The molecule has 0 spiro atoms. The van der Waals surface area contributed by atoms with Gasteiger partial charge in [0.15, 0.2) is 0 Å². The zero-order chi connectivity index (χ0) is 24.3. The molecule has 1 fully saturated rings. The van der Waals surface area contributed by atoms with E-state index in [1.54, 1.807) is 18.2 Å². The minimum Gasteiger partial charge on any atom is -0.371 e. The standard InChI is InChI=1S/C26H36N4O3S/c1-27(2)34(32,33)23-13-14-25-21(18-23)11-9-17-30(25)26(31)20-28(3)19-22-10-5-6-12-24(22)29-15-7-4-8-16-29/h5-6,10,12-14,18H,4,7-9,11,15-17,19-20H2,1-3H3. The number of hydrogen-bond donors (Lipinski definition) is 0. The van der Waals surface area contributed by atoms with E-state index in [1.807, 2.05) is 11.9 Å². The van der Waals surface area contributed by atoms with Gasteiger partial charge in [-0.05, 0) is 74.5 Å². The van der Waals surface area contributed by atoms with Crippen molar-refractivity contribution in [2.45, 2.75) is 43.5 Å². The molecule has 7 nitrogen and oxygen atoms in total. The van der Waals surface area contributed by atoms with E-state index in [0.717, 1.165) is 37.2 Å². The van der Waals surface area contributed by atoms with Crippen molar-refractivity contribution >= 4 is 27.3 Å². The number of nitrogens with zero attached hydrogens (tertiary/aromatic N) is 4. The van der Waals surface area contributed by atoms with Crippen LogP contribution in [0.5, 0.6) is 0 Å². The SMILES string of the molecule is CN(CC(=O)N1CCCc2cc(S(=O)(=O)N(C)C)ccc21)Cc1ccccc1N1CCCCC1. The van der Waals surface area contributed by atoms with Crippen molar-refractivity contribution in [3.05, 3.63) is 53.6 Å². The smallest absolute Gasteiger partial charge is 0.242 e. The number of anilines is 2. The first-order valence-corrected chi connectivity index (χ1v) is 13.6. The summed E-state index contributed by atoms with van der Waals surface area (Å²) in [5.41, 5.74) is 4.27. The van der Waals surface area contributed by atoms with Gasteiger partial charge in [-0.1, -0.05) is 18.2 Å². The molecule has 0 atom stereocenters. The second kappa shape index (κ2) is 10.5. The monoisotopic (exact) mass is 484 g/mol. The molecular formula is C26H36N4O3S. The van der Waals surface area contributed by atoms with Crippen LogP contribution >= 0.6 is 0 Å². The Morgan fingerprint density at radius 1 is 0.912 bits per heavy atom. The molecule has 0 bridgehead atoms. The summed E-state index contributed by atoms with van der Waals surface area (Å²) in [6.45, 7) is 3.86. The Labute approximate surface area is 204 Å². The molecule has 2 aromatic carbocycles. The normalized spacial score (nSPS) is 16.7. The summed E-state index contributed by atoms with van der Waals surface area (Å²) < 4.78 is 26.3. The van der Waals surface area contributed by atoms with E-state index in [-0.39, 0.29) is 10.8 Å². The molecule has 0 radical (unpaired) electrons. The molecule has 2 aliphatic heterocycles. The molecule has 184 valence electrons. The van der Waals surface area contributed by atoms with Crippen molar-refractivity contribution in [3.63, 3.8) is 0 Å². The van der Waals surface area contributed by atoms with Crippen LogP contribution in [0.25, 0.3) is 0 Å². The molecular weight excluding hydrogens is 448 g/mol. The highest BCUT2D eigenvalue weighted by Crippen LogP contribution is 2.31. The Kier molecular flexibility index (Phi) is 7.60. The van der Waals surface area contributed by atoms with Gasteiger partial charge >= 0.3 is 0 Å². The number of para-hydroxylation sites is 1. The highest BCUT2D eigenvalue weighted by atomic mass is 32.2. The predicted octanol–water partition coefficient (Wildman–Crippen LogP) is 3.34. The molecule has 0 aromatic heterocycles. The van der Waals surface area contributed by atoms with Crippen LogP contribution in [0.15, 0.2) is 47.4 Å². The van der Waals surface area contributed by atoms with Gasteiger partial charge < -0.3 is 9.80 Å². The fourth-order valence-electron chi connectivity index (χ4n) is 4.95. The molecule has 34 heavy (non-hydrogen) atoms. The van der Waals surface area contributed by atoms with Gasteiger partial charge in [0.1, 0.15) is 0 Å². The second-order valence-corrected chi connectivity index (χ2v) is 11.7. The molecule has 1 amide bonds. The van der Waals surface area contributed by atoms with E-state index in [2.05, 4.69) is 34.1 Å². The summed E-state index contributed by atoms with van der Waals surface area (Å²) >= 11 is 0. The highest BCUT2D eigenvalue weighted by Gasteiger charge is 2.26. The third-order valence-electron chi connectivity index (χ3n) is 6.78.